The fourth-order valence-electron chi connectivity index (χ4n) is 3.19. The minimum atomic E-state index is -0.0319. The van der Waals surface area contributed by atoms with Crippen LogP contribution in [0.5, 0.6) is 11.5 Å². The Kier molecular flexibility index (Phi) is 7.25. The van der Waals surface area contributed by atoms with Crippen LogP contribution in [0.15, 0.2) is 36.4 Å². The predicted molar refractivity (Wildman–Crippen MR) is 110 cm³/mol. The molecule has 0 atom stereocenters. The van der Waals surface area contributed by atoms with Crippen LogP contribution in [0.4, 0.5) is 5.69 Å². The number of rotatable bonds is 8. The fourth-order valence-corrected chi connectivity index (χ4v) is 3.19. The third-order valence-electron chi connectivity index (χ3n) is 4.53. The summed E-state index contributed by atoms with van der Waals surface area (Å²) in [7, 11) is 5.16. The van der Waals surface area contributed by atoms with E-state index in [1.54, 1.807) is 14.2 Å². The highest BCUT2D eigenvalue weighted by Crippen LogP contribution is 2.31. The number of nitrogens with zero attached hydrogens (tertiary/aromatic N) is 1. The van der Waals surface area contributed by atoms with Crippen LogP contribution in [0.3, 0.4) is 0 Å². The van der Waals surface area contributed by atoms with Gasteiger partial charge in [-0.1, -0.05) is 44.2 Å². The molecular formula is C22H30N2O3. The van der Waals surface area contributed by atoms with E-state index >= 15 is 0 Å². The molecule has 0 saturated carbocycles. The highest BCUT2D eigenvalue weighted by atomic mass is 16.5. The Balaban J connectivity index is 2.07. The molecule has 0 unspecified atom stereocenters. The first-order valence-electron chi connectivity index (χ1n) is 9.15. The van der Waals surface area contributed by atoms with Crippen molar-refractivity contribution in [3.8, 4) is 11.5 Å². The van der Waals surface area contributed by atoms with Crippen molar-refractivity contribution in [1.29, 1.82) is 0 Å². The molecule has 0 aliphatic carbocycles. The number of benzene rings is 2. The first kappa shape index (κ1) is 20.8. The second-order valence-electron chi connectivity index (χ2n) is 7.07. The molecule has 0 spiro atoms. The number of amides is 1. The lowest BCUT2D eigenvalue weighted by molar-refractivity contribution is -0.117. The molecule has 27 heavy (non-hydrogen) atoms. The number of hydrogen-bond acceptors (Lipinski definition) is 4. The zero-order valence-corrected chi connectivity index (χ0v) is 17.1. The number of aryl methyl sites for hydroxylation is 1. The number of methoxy groups -OCH3 is 2. The number of anilines is 1. The van der Waals surface area contributed by atoms with Gasteiger partial charge in [0.1, 0.15) is 0 Å². The van der Waals surface area contributed by atoms with E-state index in [-0.39, 0.29) is 12.5 Å². The maximum absolute atomic E-state index is 12.6. The molecule has 0 aliphatic rings. The van der Waals surface area contributed by atoms with Crippen molar-refractivity contribution in [3.05, 3.63) is 53.1 Å². The molecule has 1 amide bonds. The van der Waals surface area contributed by atoms with Crippen LogP contribution >= 0.6 is 0 Å². The molecule has 0 fully saturated rings. The molecule has 146 valence electrons. The van der Waals surface area contributed by atoms with Crippen molar-refractivity contribution >= 4 is 11.6 Å². The van der Waals surface area contributed by atoms with E-state index in [4.69, 9.17) is 9.47 Å². The standard InChI is InChI=1S/C22H30N2O3/c1-15(2)18-11-7-9-16(3)21(18)23-20(25)14-24(4)13-17-10-8-12-19(26-5)22(17)27-6/h7-12,15H,13-14H2,1-6H3,(H,23,25). The normalized spacial score (nSPS) is 11.0. The third-order valence-corrected chi connectivity index (χ3v) is 4.53. The van der Waals surface area contributed by atoms with Crippen LogP contribution in [0.1, 0.15) is 36.5 Å². The zero-order valence-electron chi connectivity index (χ0n) is 17.1. The number of hydrogen-bond donors (Lipinski definition) is 1. The first-order valence-corrected chi connectivity index (χ1v) is 9.15. The van der Waals surface area contributed by atoms with Gasteiger partial charge in [-0.15, -0.1) is 0 Å². The van der Waals surface area contributed by atoms with Gasteiger partial charge in [-0.3, -0.25) is 9.69 Å². The van der Waals surface area contributed by atoms with E-state index < -0.39 is 0 Å². The molecule has 0 saturated heterocycles. The molecule has 0 heterocycles. The van der Waals surface area contributed by atoms with Gasteiger partial charge in [0.05, 0.1) is 20.8 Å². The Hall–Kier alpha value is -2.53. The van der Waals surface area contributed by atoms with Crippen LogP contribution in [0.25, 0.3) is 0 Å². The van der Waals surface area contributed by atoms with Crippen molar-refractivity contribution in [2.45, 2.75) is 33.2 Å². The van der Waals surface area contributed by atoms with Crippen molar-refractivity contribution in [2.75, 3.05) is 33.1 Å². The molecule has 5 nitrogen and oxygen atoms in total. The van der Waals surface area contributed by atoms with E-state index in [0.717, 1.165) is 22.4 Å². The maximum Gasteiger partial charge on any atom is 0.238 e. The monoisotopic (exact) mass is 370 g/mol. The topological polar surface area (TPSA) is 50.8 Å². The SMILES string of the molecule is COc1cccc(CN(C)CC(=O)Nc2c(C)cccc2C(C)C)c1OC. The molecule has 2 rings (SSSR count). The molecule has 2 aromatic rings. The Bertz CT molecular complexity index is 787. The van der Waals surface area contributed by atoms with Crippen LogP contribution in [0.2, 0.25) is 0 Å². The Labute approximate surface area is 162 Å². The molecular weight excluding hydrogens is 340 g/mol. The Morgan fingerprint density at radius 1 is 1.11 bits per heavy atom. The van der Waals surface area contributed by atoms with Crippen molar-refractivity contribution in [2.24, 2.45) is 0 Å². The number of ether oxygens (including phenoxy) is 2. The van der Waals surface area contributed by atoms with Crippen molar-refractivity contribution in [3.63, 3.8) is 0 Å². The molecule has 5 heteroatoms. The van der Waals surface area contributed by atoms with Gasteiger partial charge in [-0.05, 0) is 37.1 Å². The van der Waals surface area contributed by atoms with E-state index in [2.05, 4.69) is 25.2 Å². The van der Waals surface area contributed by atoms with E-state index in [1.807, 2.05) is 49.2 Å². The zero-order chi connectivity index (χ0) is 20.0. The molecule has 1 N–H and O–H groups in total. The van der Waals surface area contributed by atoms with Crippen molar-refractivity contribution < 1.29 is 14.3 Å². The van der Waals surface area contributed by atoms with Gasteiger partial charge in [-0.2, -0.15) is 0 Å². The summed E-state index contributed by atoms with van der Waals surface area (Å²) >= 11 is 0. The number of carbonyl (C=O) groups is 1. The summed E-state index contributed by atoms with van der Waals surface area (Å²) < 4.78 is 10.8. The lowest BCUT2D eigenvalue weighted by atomic mass is 9.98. The average Bonchev–Trinajstić information content (AvgIpc) is 2.62. The molecule has 0 radical (unpaired) electrons. The quantitative estimate of drug-likeness (QED) is 0.756. The maximum atomic E-state index is 12.6. The van der Waals surface area contributed by atoms with Gasteiger partial charge in [0.25, 0.3) is 0 Å². The van der Waals surface area contributed by atoms with Gasteiger partial charge in [-0.25, -0.2) is 0 Å². The highest BCUT2D eigenvalue weighted by molar-refractivity contribution is 5.93. The second kappa shape index (κ2) is 9.42. The summed E-state index contributed by atoms with van der Waals surface area (Å²) in [5.41, 5.74) is 4.13. The van der Waals surface area contributed by atoms with E-state index in [0.29, 0.717) is 24.0 Å². The predicted octanol–water partition coefficient (Wildman–Crippen LogP) is 4.21. The Morgan fingerprint density at radius 3 is 2.44 bits per heavy atom. The number of likely N-dealkylation sites (N-methyl/N-ethyl adjacent to an activating group) is 1. The summed E-state index contributed by atoms with van der Waals surface area (Å²) in [6.45, 7) is 7.15. The van der Waals surface area contributed by atoms with E-state index in [1.165, 1.54) is 0 Å². The summed E-state index contributed by atoms with van der Waals surface area (Å²) in [5.74, 6) is 1.71. The smallest absolute Gasteiger partial charge is 0.238 e. The third kappa shape index (κ3) is 5.23. The summed E-state index contributed by atoms with van der Waals surface area (Å²) in [6.07, 6.45) is 0. The van der Waals surface area contributed by atoms with Gasteiger partial charge < -0.3 is 14.8 Å². The number of carbonyl (C=O) groups excluding carboxylic acids is 1. The lowest BCUT2D eigenvalue weighted by Crippen LogP contribution is -2.30. The second-order valence-corrected chi connectivity index (χ2v) is 7.07. The highest BCUT2D eigenvalue weighted by Gasteiger charge is 2.16. The summed E-state index contributed by atoms with van der Waals surface area (Å²) in [4.78, 5) is 14.6. The van der Waals surface area contributed by atoms with Crippen LogP contribution in [-0.2, 0) is 11.3 Å². The molecule has 0 aliphatic heterocycles. The van der Waals surface area contributed by atoms with Gasteiger partial charge in [0.2, 0.25) is 5.91 Å². The minimum absolute atomic E-state index is 0.0319. The van der Waals surface area contributed by atoms with Gasteiger partial charge >= 0.3 is 0 Å². The Morgan fingerprint density at radius 2 is 1.81 bits per heavy atom. The first-order chi connectivity index (χ1) is 12.9. The number of nitrogens with one attached hydrogen (secondary N) is 1. The van der Waals surface area contributed by atoms with Crippen molar-refractivity contribution in [1.82, 2.24) is 4.90 Å². The molecule has 2 aromatic carbocycles. The van der Waals surface area contributed by atoms with Gasteiger partial charge in [0.15, 0.2) is 11.5 Å². The van der Waals surface area contributed by atoms with Crippen LogP contribution in [-0.4, -0.2) is 38.6 Å². The van der Waals surface area contributed by atoms with Crippen LogP contribution < -0.4 is 14.8 Å². The largest absolute Gasteiger partial charge is 0.493 e. The lowest BCUT2D eigenvalue weighted by Gasteiger charge is -2.21. The minimum Gasteiger partial charge on any atom is -0.493 e. The summed E-state index contributed by atoms with van der Waals surface area (Å²) in [5, 5.41) is 3.09. The fraction of sp³-hybridized carbons (Fsp3) is 0.409. The number of para-hydroxylation sites is 2. The van der Waals surface area contributed by atoms with Gasteiger partial charge in [0, 0.05) is 17.8 Å². The summed E-state index contributed by atoms with van der Waals surface area (Å²) in [6, 6.07) is 11.9. The molecule has 0 bridgehead atoms. The average molecular weight is 370 g/mol. The molecule has 0 aromatic heterocycles. The van der Waals surface area contributed by atoms with Crippen LogP contribution in [0, 0.1) is 6.92 Å². The van der Waals surface area contributed by atoms with E-state index in [9.17, 15) is 4.79 Å².